The highest BCUT2D eigenvalue weighted by atomic mass is 19.4. The normalized spacial score (nSPS) is 22.1. The second-order valence-corrected chi connectivity index (χ2v) is 6.52. The summed E-state index contributed by atoms with van der Waals surface area (Å²) in [5, 5.41) is 6.82. The third-order valence-corrected chi connectivity index (χ3v) is 4.57. The number of hydrogen-bond acceptors (Lipinski definition) is 3. The largest absolute Gasteiger partial charge is 0.411 e. The van der Waals surface area contributed by atoms with Gasteiger partial charge in [0, 0.05) is 0 Å². The lowest BCUT2D eigenvalue weighted by atomic mass is 9.89. The van der Waals surface area contributed by atoms with Crippen molar-refractivity contribution in [3.63, 3.8) is 0 Å². The van der Waals surface area contributed by atoms with Gasteiger partial charge in [0.1, 0.15) is 12.8 Å². The highest BCUT2D eigenvalue weighted by Gasteiger charge is 2.37. The zero-order valence-corrected chi connectivity index (χ0v) is 14.4. The van der Waals surface area contributed by atoms with E-state index in [1.165, 1.54) is 0 Å². The van der Waals surface area contributed by atoms with Gasteiger partial charge in [-0.05, 0) is 36.9 Å². The number of halogens is 3. The monoisotopic (exact) mass is 364 g/mol. The van der Waals surface area contributed by atoms with Crippen LogP contribution >= 0.6 is 0 Å². The summed E-state index contributed by atoms with van der Waals surface area (Å²) < 4.78 is 43.5. The molecule has 1 fully saturated rings. The Morgan fingerprint density at radius 3 is 2.23 bits per heavy atom. The van der Waals surface area contributed by atoms with Crippen molar-refractivity contribution in [3.05, 3.63) is 71.8 Å². The maximum absolute atomic E-state index is 12.8. The van der Waals surface area contributed by atoms with Gasteiger partial charge >= 0.3 is 6.18 Å². The zero-order valence-electron chi connectivity index (χ0n) is 14.4. The second kappa shape index (κ2) is 8.20. The third kappa shape index (κ3) is 4.84. The molecule has 2 aromatic carbocycles. The first-order valence-electron chi connectivity index (χ1n) is 8.80. The summed E-state index contributed by atoms with van der Waals surface area (Å²) in [7, 11) is 0. The summed E-state index contributed by atoms with van der Waals surface area (Å²) in [6.07, 6.45) is -2.46. The lowest BCUT2D eigenvalue weighted by Gasteiger charge is -2.42. The Morgan fingerprint density at radius 2 is 1.65 bits per heavy atom. The van der Waals surface area contributed by atoms with E-state index >= 15 is 0 Å². The molecule has 1 heterocycles. The molecule has 0 amide bonds. The summed E-state index contributed by atoms with van der Waals surface area (Å²) >= 11 is 0. The van der Waals surface area contributed by atoms with Crippen LogP contribution in [-0.2, 0) is 10.4 Å². The molecule has 1 aliphatic heterocycles. The van der Waals surface area contributed by atoms with E-state index in [1.807, 2.05) is 36.4 Å². The van der Waals surface area contributed by atoms with E-state index in [0.29, 0.717) is 5.56 Å². The lowest BCUT2D eigenvalue weighted by Crippen LogP contribution is -2.57. The molecule has 2 N–H and O–H groups in total. The first-order chi connectivity index (χ1) is 12.5. The van der Waals surface area contributed by atoms with Crippen molar-refractivity contribution >= 4 is 0 Å². The quantitative estimate of drug-likeness (QED) is 0.742. The van der Waals surface area contributed by atoms with Crippen LogP contribution in [0.1, 0.15) is 36.6 Å². The highest BCUT2D eigenvalue weighted by Crippen LogP contribution is 2.32. The lowest BCUT2D eigenvalue weighted by molar-refractivity contribution is -0.193. The van der Waals surface area contributed by atoms with Gasteiger partial charge in [-0.3, -0.25) is 10.6 Å². The summed E-state index contributed by atoms with van der Waals surface area (Å²) in [6.45, 7) is -0.507. The van der Waals surface area contributed by atoms with Gasteiger partial charge in [-0.15, -0.1) is 0 Å². The molecule has 3 rings (SSSR count). The first kappa shape index (κ1) is 18.9. The fourth-order valence-electron chi connectivity index (χ4n) is 3.33. The van der Waals surface area contributed by atoms with Gasteiger partial charge < -0.3 is 4.74 Å². The van der Waals surface area contributed by atoms with E-state index in [-0.39, 0.29) is 0 Å². The van der Waals surface area contributed by atoms with E-state index in [4.69, 9.17) is 4.74 Å². The number of hydrogen-bond donors (Lipinski definition) is 2. The Morgan fingerprint density at radius 1 is 1.00 bits per heavy atom. The summed E-state index contributed by atoms with van der Waals surface area (Å²) in [6, 6.07) is 18.7. The Balaban J connectivity index is 1.89. The Labute approximate surface area is 151 Å². The van der Waals surface area contributed by atoms with Crippen LogP contribution in [0.15, 0.2) is 60.7 Å². The molecule has 0 bridgehead atoms. The molecular weight excluding hydrogens is 341 g/mol. The van der Waals surface area contributed by atoms with Gasteiger partial charge in [-0.1, -0.05) is 60.7 Å². The van der Waals surface area contributed by atoms with Gasteiger partial charge in [-0.2, -0.15) is 13.2 Å². The van der Waals surface area contributed by atoms with E-state index in [2.05, 4.69) is 10.6 Å². The molecule has 3 nitrogen and oxygen atoms in total. The molecular formula is C20H23F3N2O. The van der Waals surface area contributed by atoms with Crippen LogP contribution in [0.5, 0.6) is 0 Å². The molecule has 2 atom stereocenters. The summed E-state index contributed by atoms with van der Waals surface area (Å²) in [5.41, 5.74) is 1.04. The van der Waals surface area contributed by atoms with Crippen molar-refractivity contribution in [3.8, 4) is 0 Å². The van der Waals surface area contributed by atoms with Crippen molar-refractivity contribution in [2.45, 2.75) is 37.3 Å². The fraction of sp³-hybridized carbons (Fsp3) is 0.400. The zero-order chi connectivity index (χ0) is 18.5. The smallest absolute Gasteiger partial charge is 0.350 e. The standard InChI is InChI=1S/C20H23F3N2O/c21-20(22,23)15-26-18(16-9-3-1-4-10-16)25-19(13-7-8-14-24-19)17-11-5-2-6-12-17/h1-6,9-12,18,24-25H,7-8,13-15H2/t18?,19-/m0/s1. The van der Waals surface area contributed by atoms with Crippen LogP contribution in [0, 0.1) is 0 Å². The number of ether oxygens (including phenoxy) is 1. The number of nitrogens with one attached hydrogen (secondary N) is 2. The molecule has 0 aliphatic carbocycles. The SMILES string of the molecule is FC(F)(F)COC(N[C@]1(c2ccccc2)CCCCN1)c1ccccc1. The van der Waals surface area contributed by atoms with Gasteiger partial charge in [0.15, 0.2) is 0 Å². The molecule has 26 heavy (non-hydrogen) atoms. The first-order valence-corrected chi connectivity index (χ1v) is 8.80. The summed E-state index contributed by atoms with van der Waals surface area (Å²) in [4.78, 5) is 0. The minimum atomic E-state index is -4.38. The van der Waals surface area contributed by atoms with Crippen molar-refractivity contribution in [1.29, 1.82) is 0 Å². The van der Waals surface area contributed by atoms with Gasteiger partial charge in [-0.25, -0.2) is 0 Å². The van der Waals surface area contributed by atoms with Crippen molar-refractivity contribution < 1.29 is 17.9 Å². The predicted octanol–water partition coefficient (Wildman–Crippen LogP) is 4.48. The van der Waals surface area contributed by atoms with Crippen LogP contribution in [0.3, 0.4) is 0 Å². The Hall–Kier alpha value is -1.89. The minimum absolute atomic E-state index is 0.619. The molecule has 0 saturated carbocycles. The second-order valence-electron chi connectivity index (χ2n) is 6.52. The number of rotatable bonds is 6. The van der Waals surface area contributed by atoms with Gasteiger partial charge in [0.2, 0.25) is 0 Å². The van der Waals surface area contributed by atoms with Gasteiger partial charge in [0.05, 0.1) is 5.66 Å². The maximum Gasteiger partial charge on any atom is 0.411 e. The van der Waals surface area contributed by atoms with E-state index in [0.717, 1.165) is 31.4 Å². The molecule has 6 heteroatoms. The molecule has 2 aromatic rings. The van der Waals surface area contributed by atoms with Gasteiger partial charge in [0.25, 0.3) is 0 Å². The number of benzene rings is 2. The predicted molar refractivity (Wildman–Crippen MR) is 94.3 cm³/mol. The molecule has 1 unspecified atom stereocenters. The van der Waals surface area contributed by atoms with E-state index < -0.39 is 24.7 Å². The highest BCUT2D eigenvalue weighted by molar-refractivity contribution is 5.26. The molecule has 0 radical (unpaired) electrons. The molecule has 140 valence electrons. The van der Waals surface area contributed by atoms with Crippen molar-refractivity contribution in [2.24, 2.45) is 0 Å². The maximum atomic E-state index is 12.8. The Kier molecular flexibility index (Phi) is 5.96. The topological polar surface area (TPSA) is 33.3 Å². The van der Waals surface area contributed by atoms with Crippen LogP contribution in [0.4, 0.5) is 13.2 Å². The van der Waals surface area contributed by atoms with Crippen LogP contribution in [0.25, 0.3) is 0 Å². The van der Waals surface area contributed by atoms with E-state index in [1.54, 1.807) is 24.3 Å². The van der Waals surface area contributed by atoms with Crippen molar-refractivity contribution in [2.75, 3.05) is 13.2 Å². The van der Waals surface area contributed by atoms with Crippen LogP contribution < -0.4 is 10.6 Å². The number of piperidine rings is 1. The van der Waals surface area contributed by atoms with Crippen LogP contribution in [-0.4, -0.2) is 19.3 Å². The van der Waals surface area contributed by atoms with Crippen LogP contribution in [0.2, 0.25) is 0 Å². The summed E-state index contributed by atoms with van der Waals surface area (Å²) in [5.74, 6) is 0. The number of alkyl halides is 3. The molecule has 0 aromatic heterocycles. The fourth-order valence-corrected chi connectivity index (χ4v) is 3.33. The molecule has 1 saturated heterocycles. The van der Waals surface area contributed by atoms with E-state index in [9.17, 15) is 13.2 Å². The minimum Gasteiger partial charge on any atom is -0.350 e. The van der Waals surface area contributed by atoms with Crippen molar-refractivity contribution in [1.82, 2.24) is 10.6 Å². The average Bonchev–Trinajstić information content (AvgIpc) is 2.67. The Bertz CT molecular complexity index is 670. The third-order valence-electron chi connectivity index (χ3n) is 4.57. The average molecular weight is 364 g/mol. The molecule has 0 spiro atoms. The molecule has 1 aliphatic rings.